The van der Waals surface area contributed by atoms with Crippen molar-refractivity contribution < 1.29 is 23.9 Å². The molecule has 3 rings (SSSR count). The van der Waals surface area contributed by atoms with Crippen molar-refractivity contribution in [2.75, 3.05) is 26.2 Å². The van der Waals surface area contributed by atoms with Gasteiger partial charge in [0.05, 0.1) is 5.92 Å². The molecule has 1 aliphatic rings. The summed E-state index contributed by atoms with van der Waals surface area (Å²) in [7, 11) is 0. The Labute approximate surface area is 167 Å². The number of nitrogens with one attached hydrogen (secondary N) is 2. The van der Waals surface area contributed by atoms with Crippen molar-refractivity contribution in [3.63, 3.8) is 0 Å². The molecule has 2 aromatic rings. The number of carboxylic acid groups (broad SMARTS) is 1. The normalized spacial score (nSPS) is 18.3. The van der Waals surface area contributed by atoms with Crippen LogP contribution in [0.1, 0.15) is 21.8 Å². The second-order valence-electron chi connectivity index (χ2n) is 6.86. The van der Waals surface area contributed by atoms with Crippen molar-refractivity contribution in [2.45, 2.75) is 5.92 Å². The number of hydrogen-bond donors (Lipinski definition) is 3. The highest BCUT2D eigenvalue weighted by Crippen LogP contribution is 2.32. The number of carbonyl (C=O) groups is 3. The van der Waals surface area contributed by atoms with Gasteiger partial charge in [-0.3, -0.25) is 9.59 Å². The van der Waals surface area contributed by atoms with Gasteiger partial charge in [0.2, 0.25) is 0 Å². The summed E-state index contributed by atoms with van der Waals surface area (Å²) in [5.41, 5.74) is 1.22. The van der Waals surface area contributed by atoms with Crippen LogP contribution in [0.15, 0.2) is 54.6 Å². The second-order valence-corrected chi connectivity index (χ2v) is 6.86. The summed E-state index contributed by atoms with van der Waals surface area (Å²) in [6.07, 6.45) is 0. The molecule has 2 atom stereocenters. The van der Waals surface area contributed by atoms with E-state index in [-0.39, 0.29) is 37.5 Å². The SMILES string of the molecule is O=C(NCCNC(=O)N1C[C@@H](C(=O)O)[C@H](c2ccccc2)C1)c1ccc(F)cc1. The summed E-state index contributed by atoms with van der Waals surface area (Å²) in [5.74, 6) is -2.65. The Kier molecular flexibility index (Phi) is 6.43. The first kappa shape index (κ1) is 20.3. The molecule has 0 unspecified atom stereocenters. The van der Waals surface area contributed by atoms with E-state index in [1.54, 1.807) is 0 Å². The topological polar surface area (TPSA) is 98.7 Å². The minimum absolute atomic E-state index is 0.128. The lowest BCUT2D eigenvalue weighted by atomic mass is 9.89. The van der Waals surface area contributed by atoms with Crippen LogP contribution in [0.4, 0.5) is 9.18 Å². The van der Waals surface area contributed by atoms with Crippen LogP contribution < -0.4 is 10.6 Å². The lowest BCUT2D eigenvalue weighted by molar-refractivity contribution is -0.141. The van der Waals surface area contributed by atoms with Gasteiger partial charge in [-0.25, -0.2) is 9.18 Å². The van der Waals surface area contributed by atoms with E-state index >= 15 is 0 Å². The van der Waals surface area contributed by atoms with Crippen LogP contribution in [0.25, 0.3) is 0 Å². The Balaban J connectivity index is 1.48. The second kappa shape index (κ2) is 9.18. The number of rotatable bonds is 6. The maximum absolute atomic E-state index is 12.9. The minimum atomic E-state index is -0.930. The number of hydrogen-bond acceptors (Lipinski definition) is 3. The van der Waals surface area contributed by atoms with Gasteiger partial charge in [-0.15, -0.1) is 0 Å². The monoisotopic (exact) mass is 399 g/mol. The summed E-state index contributed by atoms with van der Waals surface area (Å²) < 4.78 is 12.9. The average molecular weight is 399 g/mol. The Hall–Kier alpha value is -3.42. The molecule has 0 saturated carbocycles. The molecule has 1 aliphatic heterocycles. The van der Waals surface area contributed by atoms with Crippen LogP contribution in [0.2, 0.25) is 0 Å². The number of aliphatic carboxylic acids is 1. The molecule has 0 bridgehead atoms. The molecule has 29 heavy (non-hydrogen) atoms. The fourth-order valence-electron chi connectivity index (χ4n) is 3.42. The molecule has 8 heteroatoms. The van der Waals surface area contributed by atoms with Crippen LogP contribution >= 0.6 is 0 Å². The van der Waals surface area contributed by atoms with E-state index < -0.39 is 17.7 Å². The minimum Gasteiger partial charge on any atom is -0.481 e. The smallest absolute Gasteiger partial charge is 0.317 e. The van der Waals surface area contributed by atoms with Crippen molar-refractivity contribution in [3.05, 3.63) is 71.5 Å². The van der Waals surface area contributed by atoms with Gasteiger partial charge in [0.25, 0.3) is 5.91 Å². The number of carbonyl (C=O) groups excluding carboxylic acids is 2. The standard InChI is InChI=1S/C21H22FN3O4/c22-16-8-6-15(7-9-16)19(26)23-10-11-24-21(29)25-12-17(18(13-25)20(27)28)14-4-2-1-3-5-14/h1-9,17-18H,10-13H2,(H,23,26)(H,24,29)(H,27,28)/t17-,18+/m0/s1. The number of likely N-dealkylation sites (tertiary alicyclic amines) is 1. The van der Waals surface area contributed by atoms with Gasteiger partial charge in [-0.05, 0) is 29.8 Å². The summed E-state index contributed by atoms with van der Waals surface area (Å²) >= 11 is 0. The molecule has 1 saturated heterocycles. The molecule has 3 N–H and O–H groups in total. The number of halogens is 1. The number of urea groups is 1. The maximum atomic E-state index is 12.9. The molecule has 2 aromatic carbocycles. The number of carboxylic acids is 1. The van der Waals surface area contributed by atoms with Gasteiger partial charge in [0.15, 0.2) is 0 Å². The fourth-order valence-corrected chi connectivity index (χ4v) is 3.42. The third kappa shape index (κ3) is 5.10. The molecule has 0 spiro atoms. The van der Waals surface area contributed by atoms with E-state index in [0.29, 0.717) is 12.1 Å². The molecule has 0 aliphatic carbocycles. The molecule has 0 aromatic heterocycles. The first-order valence-corrected chi connectivity index (χ1v) is 9.30. The maximum Gasteiger partial charge on any atom is 0.317 e. The Morgan fingerprint density at radius 2 is 1.62 bits per heavy atom. The van der Waals surface area contributed by atoms with Gasteiger partial charge in [-0.2, -0.15) is 0 Å². The van der Waals surface area contributed by atoms with Crippen LogP contribution in [-0.2, 0) is 4.79 Å². The zero-order valence-electron chi connectivity index (χ0n) is 15.7. The fraction of sp³-hybridized carbons (Fsp3) is 0.286. The Morgan fingerprint density at radius 1 is 0.966 bits per heavy atom. The molecular formula is C21H22FN3O4. The lowest BCUT2D eigenvalue weighted by Gasteiger charge is -2.17. The van der Waals surface area contributed by atoms with Gasteiger partial charge in [0.1, 0.15) is 5.82 Å². The largest absolute Gasteiger partial charge is 0.481 e. The zero-order chi connectivity index (χ0) is 20.8. The van der Waals surface area contributed by atoms with Crippen molar-refractivity contribution in [3.8, 4) is 0 Å². The molecule has 7 nitrogen and oxygen atoms in total. The zero-order valence-corrected chi connectivity index (χ0v) is 15.7. The van der Waals surface area contributed by atoms with E-state index in [4.69, 9.17) is 0 Å². The van der Waals surface area contributed by atoms with Crippen LogP contribution in [-0.4, -0.2) is 54.1 Å². The van der Waals surface area contributed by atoms with Crippen molar-refractivity contribution in [2.24, 2.45) is 5.92 Å². The lowest BCUT2D eigenvalue weighted by Crippen LogP contribution is -2.42. The van der Waals surface area contributed by atoms with Gasteiger partial charge in [0, 0.05) is 37.7 Å². The van der Waals surface area contributed by atoms with Crippen LogP contribution in [0.5, 0.6) is 0 Å². The highest BCUT2D eigenvalue weighted by molar-refractivity contribution is 5.94. The summed E-state index contributed by atoms with van der Waals surface area (Å²) in [6.45, 7) is 0.827. The Morgan fingerprint density at radius 3 is 2.28 bits per heavy atom. The van der Waals surface area contributed by atoms with E-state index in [2.05, 4.69) is 10.6 Å². The predicted octanol–water partition coefficient (Wildman–Crippen LogP) is 2.07. The third-order valence-corrected chi connectivity index (χ3v) is 4.95. The summed E-state index contributed by atoms with van der Waals surface area (Å²) in [5, 5.41) is 14.8. The molecular weight excluding hydrogens is 377 g/mol. The third-order valence-electron chi connectivity index (χ3n) is 4.95. The predicted molar refractivity (Wildman–Crippen MR) is 104 cm³/mol. The Bertz CT molecular complexity index is 873. The number of nitrogens with zero attached hydrogens (tertiary/aromatic N) is 1. The van der Waals surface area contributed by atoms with Crippen LogP contribution in [0.3, 0.4) is 0 Å². The van der Waals surface area contributed by atoms with Crippen molar-refractivity contribution in [1.29, 1.82) is 0 Å². The summed E-state index contributed by atoms with van der Waals surface area (Å²) in [4.78, 5) is 37.5. The number of benzene rings is 2. The highest BCUT2D eigenvalue weighted by Gasteiger charge is 2.40. The van der Waals surface area contributed by atoms with Gasteiger partial charge < -0.3 is 20.6 Å². The molecule has 0 radical (unpaired) electrons. The quantitative estimate of drug-likeness (QED) is 0.648. The van der Waals surface area contributed by atoms with Crippen molar-refractivity contribution >= 4 is 17.9 Å². The average Bonchev–Trinajstić information content (AvgIpc) is 3.18. The van der Waals surface area contributed by atoms with Gasteiger partial charge in [-0.1, -0.05) is 30.3 Å². The van der Waals surface area contributed by atoms with Crippen molar-refractivity contribution in [1.82, 2.24) is 15.5 Å². The van der Waals surface area contributed by atoms with E-state index in [1.807, 2.05) is 30.3 Å². The van der Waals surface area contributed by atoms with E-state index in [1.165, 1.54) is 29.2 Å². The number of amides is 3. The van der Waals surface area contributed by atoms with Crippen LogP contribution in [0, 0.1) is 11.7 Å². The summed E-state index contributed by atoms with van der Waals surface area (Å²) in [6, 6.07) is 14.1. The first-order chi connectivity index (χ1) is 14.0. The van der Waals surface area contributed by atoms with E-state index in [0.717, 1.165) is 5.56 Å². The molecule has 1 fully saturated rings. The van der Waals surface area contributed by atoms with Gasteiger partial charge >= 0.3 is 12.0 Å². The molecule has 3 amide bonds. The first-order valence-electron chi connectivity index (χ1n) is 9.30. The van der Waals surface area contributed by atoms with E-state index in [9.17, 15) is 23.9 Å². The molecule has 152 valence electrons. The highest BCUT2D eigenvalue weighted by atomic mass is 19.1. The molecule has 1 heterocycles.